The molecule has 0 saturated carbocycles. The second-order valence-corrected chi connectivity index (χ2v) is 4.19. The average molecular weight is 321 g/mol. The van der Waals surface area contributed by atoms with Crippen molar-refractivity contribution in [3.63, 3.8) is 0 Å². The summed E-state index contributed by atoms with van der Waals surface area (Å²) in [5, 5.41) is 9.89. The van der Waals surface area contributed by atoms with E-state index < -0.39 is 18.2 Å². The number of carbonyl (C=O) groups is 2. The van der Waals surface area contributed by atoms with E-state index in [2.05, 4.69) is 5.32 Å². The number of carboxylic acids is 1. The number of nitrogens with one attached hydrogen (secondary N) is 1. The quantitative estimate of drug-likeness (QED) is 0.634. The van der Waals surface area contributed by atoms with Crippen LogP contribution in [0.2, 0.25) is 0 Å². The van der Waals surface area contributed by atoms with Gasteiger partial charge in [-0.15, -0.1) is 0 Å². The Morgan fingerprint density at radius 1 is 1.23 bits per heavy atom. The summed E-state index contributed by atoms with van der Waals surface area (Å²) in [6.45, 7) is 0.942. The zero-order valence-corrected chi connectivity index (χ0v) is 11.6. The van der Waals surface area contributed by atoms with E-state index in [0.717, 1.165) is 5.56 Å². The van der Waals surface area contributed by atoms with Gasteiger partial charge in [0.2, 0.25) is 5.91 Å². The monoisotopic (exact) mass is 321 g/mol. The van der Waals surface area contributed by atoms with E-state index in [-0.39, 0.29) is 5.91 Å². The first kappa shape index (κ1) is 19.9. The highest BCUT2D eigenvalue weighted by Gasteiger charge is 2.38. The third-order valence-electron chi connectivity index (χ3n) is 2.37. The van der Waals surface area contributed by atoms with Crippen molar-refractivity contribution in [1.29, 1.82) is 0 Å². The van der Waals surface area contributed by atoms with Gasteiger partial charge in [0.15, 0.2) is 0 Å². The van der Waals surface area contributed by atoms with Crippen LogP contribution in [0.4, 0.5) is 13.2 Å². The van der Waals surface area contributed by atoms with Gasteiger partial charge in [-0.1, -0.05) is 30.3 Å². The summed E-state index contributed by atoms with van der Waals surface area (Å²) in [6, 6.07) is 9.20. The molecule has 1 atom stereocenters. The third-order valence-corrected chi connectivity index (χ3v) is 2.37. The molecule has 0 spiro atoms. The van der Waals surface area contributed by atoms with E-state index >= 15 is 0 Å². The molecule has 1 aromatic rings. The molecule has 6 N–H and O–H groups in total. The summed E-state index contributed by atoms with van der Waals surface area (Å²) >= 11 is 0. The molecule has 0 heterocycles. The Labute approximate surface area is 125 Å². The number of benzene rings is 1. The lowest BCUT2D eigenvalue weighted by Gasteiger charge is -2.10. The first-order valence-electron chi connectivity index (χ1n) is 6.26. The van der Waals surface area contributed by atoms with E-state index in [4.69, 9.17) is 21.4 Å². The first-order valence-corrected chi connectivity index (χ1v) is 6.26. The minimum atomic E-state index is -5.08. The Bertz CT molecular complexity index is 467. The van der Waals surface area contributed by atoms with Crippen molar-refractivity contribution in [3.05, 3.63) is 35.9 Å². The van der Waals surface area contributed by atoms with Crippen LogP contribution in [0.1, 0.15) is 12.0 Å². The Balaban J connectivity index is 0.000000534. The van der Waals surface area contributed by atoms with Gasteiger partial charge in [-0.3, -0.25) is 4.79 Å². The zero-order valence-electron chi connectivity index (χ0n) is 11.6. The number of carboxylic acid groups (broad SMARTS) is 1. The summed E-state index contributed by atoms with van der Waals surface area (Å²) in [5.41, 5.74) is 12.0. The third kappa shape index (κ3) is 8.93. The fraction of sp³-hybridized carbons (Fsp3) is 0.385. The van der Waals surface area contributed by atoms with Crippen molar-refractivity contribution in [2.75, 3.05) is 6.54 Å². The minimum absolute atomic E-state index is 0.149. The molecule has 0 fully saturated rings. The molecule has 1 unspecified atom stereocenters. The molecular weight excluding hydrogens is 303 g/mol. The van der Waals surface area contributed by atoms with Crippen molar-refractivity contribution in [2.24, 2.45) is 11.5 Å². The van der Waals surface area contributed by atoms with Crippen LogP contribution >= 0.6 is 0 Å². The second-order valence-electron chi connectivity index (χ2n) is 4.19. The van der Waals surface area contributed by atoms with E-state index in [1.54, 1.807) is 0 Å². The largest absolute Gasteiger partial charge is 0.490 e. The van der Waals surface area contributed by atoms with Gasteiger partial charge >= 0.3 is 12.1 Å². The number of aliphatic carboxylic acids is 1. The lowest BCUT2D eigenvalue weighted by atomic mass is 10.2. The van der Waals surface area contributed by atoms with E-state index in [1.807, 2.05) is 30.3 Å². The van der Waals surface area contributed by atoms with Crippen LogP contribution in [0.25, 0.3) is 0 Å². The van der Waals surface area contributed by atoms with Gasteiger partial charge in [0.05, 0.1) is 6.04 Å². The molecular formula is C13H18F3N3O3. The summed E-state index contributed by atoms with van der Waals surface area (Å²) in [6.07, 6.45) is -4.57. The maximum atomic E-state index is 11.4. The van der Waals surface area contributed by atoms with Gasteiger partial charge in [0, 0.05) is 6.54 Å². The number of halogens is 3. The van der Waals surface area contributed by atoms with Crippen LogP contribution in [0.3, 0.4) is 0 Å². The Morgan fingerprint density at radius 2 is 1.73 bits per heavy atom. The Hall–Kier alpha value is -2.13. The molecule has 6 nitrogen and oxygen atoms in total. The molecule has 1 rings (SSSR count). The molecule has 1 amide bonds. The van der Waals surface area contributed by atoms with Crippen molar-refractivity contribution in [3.8, 4) is 0 Å². The van der Waals surface area contributed by atoms with Crippen LogP contribution in [-0.2, 0) is 16.1 Å². The smallest absolute Gasteiger partial charge is 0.475 e. The molecule has 0 radical (unpaired) electrons. The number of amides is 1. The van der Waals surface area contributed by atoms with Crippen LogP contribution in [0.15, 0.2) is 30.3 Å². The summed E-state index contributed by atoms with van der Waals surface area (Å²) in [4.78, 5) is 20.3. The van der Waals surface area contributed by atoms with Crippen LogP contribution in [0.5, 0.6) is 0 Å². The Kier molecular flexibility index (Phi) is 8.80. The Morgan fingerprint density at radius 3 is 2.14 bits per heavy atom. The number of hydrogen-bond acceptors (Lipinski definition) is 4. The summed E-state index contributed by atoms with van der Waals surface area (Å²) in [7, 11) is 0. The van der Waals surface area contributed by atoms with Gasteiger partial charge < -0.3 is 21.9 Å². The van der Waals surface area contributed by atoms with Gasteiger partial charge in [0.1, 0.15) is 0 Å². The molecule has 124 valence electrons. The number of rotatable bonds is 5. The highest BCUT2D eigenvalue weighted by Crippen LogP contribution is 2.13. The zero-order chi connectivity index (χ0) is 17.2. The van der Waals surface area contributed by atoms with Crippen LogP contribution in [0, 0.1) is 0 Å². The normalized spacial score (nSPS) is 11.9. The molecule has 0 bridgehead atoms. The van der Waals surface area contributed by atoms with Crippen LogP contribution in [-0.4, -0.2) is 35.7 Å². The van der Waals surface area contributed by atoms with Gasteiger partial charge in [-0.2, -0.15) is 13.2 Å². The second kappa shape index (κ2) is 9.74. The van der Waals surface area contributed by atoms with Crippen molar-refractivity contribution in [1.82, 2.24) is 5.32 Å². The SMILES string of the molecule is NCCC(N)C(=O)NCc1ccccc1.O=C(O)C(F)(F)F. The highest BCUT2D eigenvalue weighted by molar-refractivity contribution is 5.81. The molecule has 0 saturated heterocycles. The van der Waals surface area contributed by atoms with Gasteiger partial charge in [-0.25, -0.2) is 4.79 Å². The minimum Gasteiger partial charge on any atom is -0.475 e. The van der Waals surface area contributed by atoms with Crippen molar-refractivity contribution < 1.29 is 27.9 Å². The molecule has 0 aliphatic carbocycles. The average Bonchev–Trinajstić information content (AvgIpc) is 2.45. The molecule has 9 heteroatoms. The molecule has 0 aliphatic rings. The van der Waals surface area contributed by atoms with Crippen molar-refractivity contribution in [2.45, 2.75) is 25.2 Å². The van der Waals surface area contributed by atoms with E-state index in [0.29, 0.717) is 19.5 Å². The number of nitrogens with two attached hydrogens (primary N) is 2. The first-order chi connectivity index (χ1) is 10.2. The fourth-order valence-electron chi connectivity index (χ4n) is 1.23. The molecule has 1 aromatic carbocycles. The number of carbonyl (C=O) groups excluding carboxylic acids is 1. The standard InChI is InChI=1S/C11H17N3O.C2HF3O2/c12-7-6-10(13)11(15)14-8-9-4-2-1-3-5-9;3-2(4,5)1(6)7/h1-5,10H,6-8,12-13H2,(H,14,15);(H,6,7). The lowest BCUT2D eigenvalue weighted by molar-refractivity contribution is -0.192. The fourth-order valence-corrected chi connectivity index (χ4v) is 1.23. The van der Waals surface area contributed by atoms with Gasteiger partial charge in [0.25, 0.3) is 0 Å². The predicted octanol–water partition coefficient (Wildman–Crippen LogP) is 0.612. The maximum Gasteiger partial charge on any atom is 0.490 e. The number of alkyl halides is 3. The molecule has 0 aliphatic heterocycles. The lowest BCUT2D eigenvalue weighted by Crippen LogP contribution is -2.41. The van der Waals surface area contributed by atoms with E-state index in [9.17, 15) is 18.0 Å². The highest BCUT2D eigenvalue weighted by atomic mass is 19.4. The maximum absolute atomic E-state index is 11.4. The molecule has 22 heavy (non-hydrogen) atoms. The topological polar surface area (TPSA) is 118 Å². The predicted molar refractivity (Wildman–Crippen MR) is 73.6 cm³/mol. The van der Waals surface area contributed by atoms with E-state index in [1.165, 1.54) is 0 Å². The summed E-state index contributed by atoms with van der Waals surface area (Å²) in [5.74, 6) is -2.91. The summed E-state index contributed by atoms with van der Waals surface area (Å²) < 4.78 is 31.7. The van der Waals surface area contributed by atoms with Crippen molar-refractivity contribution >= 4 is 11.9 Å². The van der Waals surface area contributed by atoms with Crippen LogP contribution < -0.4 is 16.8 Å². The number of hydrogen-bond donors (Lipinski definition) is 4. The molecule has 0 aromatic heterocycles. The van der Waals surface area contributed by atoms with Gasteiger partial charge in [-0.05, 0) is 18.5 Å².